The van der Waals surface area contributed by atoms with Gasteiger partial charge in [0.05, 0.1) is 5.56 Å². The number of hydrogen-bond donors (Lipinski definition) is 2. The second-order valence-corrected chi connectivity index (χ2v) is 5.56. The van der Waals surface area contributed by atoms with Gasteiger partial charge in [-0.2, -0.15) is 5.26 Å². The van der Waals surface area contributed by atoms with Gasteiger partial charge >= 0.3 is 0 Å². The molecule has 1 aromatic carbocycles. The number of anilines is 2. The third-order valence-corrected chi connectivity index (χ3v) is 4.09. The zero-order valence-electron chi connectivity index (χ0n) is 11.7. The molecule has 1 aliphatic carbocycles. The molecule has 0 aromatic heterocycles. The SMILES string of the molecule is CCCC1CCC(Nc2ccc(N)c(C#N)c2)CC1. The number of nitrogens with one attached hydrogen (secondary N) is 1. The average molecular weight is 257 g/mol. The average Bonchev–Trinajstić information content (AvgIpc) is 2.43. The lowest BCUT2D eigenvalue weighted by molar-refractivity contribution is 0.319. The number of benzene rings is 1. The Morgan fingerprint density at radius 3 is 2.68 bits per heavy atom. The highest BCUT2D eigenvalue weighted by molar-refractivity contribution is 5.62. The molecule has 1 fully saturated rings. The van der Waals surface area contributed by atoms with Gasteiger partial charge in [-0.25, -0.2) is 0 Å². The van der Waals surface area contributed by atoms with Gasteiger partial charge in [0.25, 0.3) is 0 Å². The molecule has 0 amide bonds. The summed E-state index contributed by atoms with van der Waals surface area (Å²) in [7, 11) is 0. The van der Waals surface area contributed by atoms with Crippen molar-refractivity contribution in [2.75, 3.05) is 11.1 Å². The first-order valence-corrected chi connectivity index (χ1v) is 7.29. The molecule has 102 valence electrons. The van der Waals surface area contributed by atoms with Crippen LogP contribution in [0.3, 0.4) is 0 Å². The fourth-order valence-corrected chi connectivity index (χ4v) is 2.98. The van der Waals surface area contributed by atoms with Crippen LogP contribution >= 0.6 is 0 Å². The minimum absolute atomic E-state index is 0.545. The first-order valence-electron chi connectivity index (χ1n) is 7.29. The summed E-state index contributed by atoms with van der Waals surface area (Å²) in [6.07, 6.45) is 7.78. The predicted molar refractivity (Wildman–Crippen MR) is 79.8 cm³/mol. The van der Waals surface area contributed by atoms with E-state index in [4.69, 9.17) is 11.0 Å². The van der Waals surface area contributed by atoms with E-state index in [2.05, 4.69) is 18.3 Å². The predicted octanol–water partition coefficient (Wildman–Crippen LogP) is 3.91. The second-order valence-electron chi connectivity index (χ2n) is 5.56. The van der Waals surface area contributed by atoms with Crippen LogP contribution in [0, 0.1) is 17.2 Å². The molecule has 1 aliphatic rings. The number of rotatable bonds is 4. The van der Waals surface area contributed by atoms with E-state index >= 15 is 0 Å². The Labute approximate surface area is 115 Å². The van der Waals surface area contributed by atoms with E-state index in [1.165, 1.54) is 38.5 Å². The van der Waals surface area contributed by atoms with E-state index in [1.54, 1.807) is 0 Å². The number of nitrogens with two attached hydrogens (primary N) is 1. The van der Waals surface area contributed by atoms with Crippen molar-refractivity contribution in [1.82, 2.24) is 0 Å². The highest BCUT2D eigenvalue weighted by Gasteiger charge is 2.20. The highest BCUT2D eigenvalue weighted by Crippen LogP contribution is 2.30. The van der Waals surface area contributed by atoms with Crippen LogP contribution in [0.4, 0.5) is 11.4 Å². The molecule has 19 heavy (non-hydrogen) atoms. The molecule has 0 saturated heterocycles. The van der Waals surface area contributed by atoms with Crippen LogP contribution < -0.4 is 11.1 Å². The lowest BCUT2D eigenvalue weighted by Gasteiger charge is -2.29. The van der Waals surface area contributed by atoms with Crippen LogP contribution in [0.15, 0.2) is 18.2 Å². The Bertz CT molecular complexity index is 454. The molecule has 1 saturated carbocycles. The minimum atomic E-state index is 0.545. The highest BCUT2D eigenvalue weighted by atomic mass is 14.9. The van der Waals surface area contributed by atoms with Crippen molar-refractivity contribution in [2.45, 2.75) is 51.5 Å². The summed E-state index contributed by atoms with van der Waals surface area (Å²) in [5.41, 5.74) is 7.87. The Kier molecular flexibility index (Phi) is 4.68. The van der Waals surface area contributed by atoms with Gasteiger partial charge in [-0.1, -0.05) is 19.8 Å². The van der Waals surface area contributed by atoms with Crippen molar-refractivity contribution in [3.05, 3.63) is 23.8 Å². The Hall–Kier alpha value is -1.69. The zero-order valence-corrected chi connectivity index (χ0v) is 11.7. The van der Waals surface area contributed by atoms with E-state index in [0.717, 1.165) is 11.6 Å². The maximum absolute atomic E-state index is 8.98. The summed E-state index contributed by atoms with van der Waals surface area (Å²) < 4.78 is 0. The third kappa shape index (κ3) is 3.64. The van der Waals surface area contributed by atoms with E-state index in [-0.39, 0.29) is 0 Å². The van der Waals surface area contributed by atoms with Crippen LogP contribution in [0.5, 0.6) is 0 Å². The van der Waals surface area contributed by atoms with Crippen molar-refractivity contribution < 1.29 is 0 Å². The van der Waals surface area contributed by atoms with Crippen LogP contribution in [0.1, 0.15) is 51.0 Å². The summed E-state index contributed by atoms with van der Waals surface area (Å²) >= 11 is 0. The van der Waals surface area contributed by atoms with Crippen molar-refractivity contribution in [3.8, 4) is 6.07 Å². The molecule has 3 N–H and O–H groups in total. The minimum Gasteiger partial charge on any atom is -0.398 e. The fraction of sp³-hybridized carbons (Fsp3) is 0.562. The van der Waals surface area contributed by atoms with Gasteiger partial charge in [-0.05, 0) is 49.8 Å². The van der Waals surface area contributed by atoms with Gasteiger partial charge in [0.15, 0.2) is 0 Å². The largest absolute Gasteiger partial charge is 0.398 e. The molecule has 2 rings (SSSR count). The Morgan fingerprint density at radius 2 is 2.05 bits per heavy atom. The molecule has 0 bridgehead atoms. The normalized spacial score (nSPS) is 22.7. The molecule has 3 heteroatoms. The van der Waals surface area contributed by atoms with Gasteiger partial charge in [0.2, 0.25) is 0 Å². The maximum Gasteiger partial charge on any atom is 0.101 e. The molecule has 0 heterocycles. The summed E-state index contributed by atoms with van der Waals surface area (Å²) in [4.78, 5) is 0. The number of nitriles is 1. The van der Waals surface area contributed by atoms with Crippen molar-refractivity contribution in [3.63, 3.8) is 0 Å². The summed E-state index contributed by atoms with van der Waals surface area (Å²) in [6, 6.07) is 8.31. The molecular weight excluding hydrogens is 234 g/mol. The number of hydrogen-bond acceptors (Lipinski definition) is 3. The lowest BCUT2D eigenvalue weighted by Crippen LogP contribution is -2.26. The van der Waals surface area contributed by atoms with Crippen molar-refractivity contribution >= 4 is 11.4 Å². The molecular formula is C16H23N3. The van der Waals surface area contributed by atoms with E-state index in [0.29, 0.717) is 17.3 Å². The standard InChI is InChI=1S/C16H23N3/c1-2-3-12-4-6-14(7-5-12)19-15-8-9-16(18)13(10-15)11-17/h8-10,12,14,19H,2-7,18H2,1H3. The zero-order chi connectivity index (χ0) is 13.7. The summed E-state index contributed by atoms with van der Waals surface area (Å²) in [5.74, 6) is 0.920. The molecule has 0 atom stereocenters. The van der Waals surface area contributed by atoms with E-state index in [1.807, 2.05) is 18.2 Å². The summed E-state index contributed by atoms with van der Waals surface area (Å²) in [5, 5.41) is 12.5. The van der Waals surface area contributed by atoms with Crippen molar-refractivity contribution in [2.24, 2.45) is 5.92 Å². The third-order valence-electron chi connectivity index (χ3n) is 4.09. The van der Waals surface area contributed by atoms with Crippen LogP contribution in [0.2, 0.25) is 0 Å². The molecule has 0 aliphatic heterocycles. The summed E-state index contributed by atoms with van der Waals surface area (Å²) in [6.45, 7) is 2.27. The van der Waals surface area contributed by atoms with Crippen LogP contribution in [-0.4, -0.2) is 6.04 Å². The smallest absolute Gasteiger partial charge is 0.101 e. The van der Waals surface area contributed by atoms with Gasteiger partial charge in [0, 0.05) is 17.4 Å². The molecule has 0 unspecified atom stereocenters. The first-order chi connectivity index (χ1) is 9.22. The topological polar surface area (TPSA) is 61.8 Å². The van der Waals surface area contributed by atoms with Crippen molar-refractivity contribution in [1.29, 1.82) is 5.26 Å². The Balaban J connectivity index is 1.91. The molecule has 3 nitrogen and oxygen atoms in total. The first kappa shape index (κ1) is 13.7. The quantitative estimate of drug-likeness (QED) is 0.804. The van der Waals surface area contributed by atoms with Gasteiger partial charge in [-0.15, -0.1) is 0 Å². The van der Waals surface area contributed by atoms with Crippen LogP contribution in [-0.2, 0) is 0 Å². The van der Waals surface area contributed by atoms with Crippen LogP contribution in [0.25, 0.3) is 0 Å². The monoisotopic (exact) mass is 257 g/mol. The lowest BCUT2D eigenvalue weighted by atomic mass is 9.83. The Morgan fingerprint density at radius 1 is 1.32 bits per heavy atom. The van der Waals surface area contributed by atoms with Gasteiger partial charge in [-0.3, -0.25) is 0 Å². The number of nitrogen functional groups attached to an aromatic ring is 1. The van der Waals surface area contributed by atoms with Gasteiger partial charge < -0.3 is 11.1 Å². The molecule has 1 aromatic rings. The number of nitrogens with zero attached hydrogens (tertiary/aromatic N) is 1. The maximum atomic E-state index is 8.98. The molecule has 0 spiro atoms. The molecule has 0 radical (unpaired) electrons. The van der Waals surface area contributed by atoms with Gasteiger partial charge in [0.1, 0.15) is 6.07 Å². The fourth-order valence-electron chi connectivity index (χ4n) is 2.98. The van der Waals surface area contributed by atoms with E-state index in [9.17, 15) is 0 Å². The van der Waals surface area contributed by atoms with E-state index < -0.39 is 0 Å². The second kappa shape index (κ2) is 6.47.